The number of hydrogen-bond donors (Lipinski definition) is 0. The Morgan fingerprint density at radius 2 is 1.41 bits per heavy atom. The molecular weight excluding hydrogens is 204 g/mol. The van der Waals surface area contributed by atoms with E-state index >= 15 is 0 Å². The molecule has 17 heavy (non-hydrogen) atoms. The monoisotopic (exact) mass is 222 g/mol. The molecule has 86 valence electrons. The minimum absolute atomic E-state index is 1.07. The zero-order valence-corrected chi connectivity index (χ0v) is 10.5. The summed E-state index contributed by atoms with van der Waals surface area (Å²) in [5.41, 5.74) is 5.54. The molecule has 2 aromatic carbocycles. The lowest BCUT2D eigenvalue weighted by molar-refractivity contribution is 1.31. The third kappa shape index (κ3) is 2.31. The Labute approximate surface area is 104 Å². The highest BCUT2D eigenvalue weighted by atomic mass is 14.2. The Kier molecular flexibility index (Phi) is 3.77. The highest BCUT2D eigenvalue weighted by molar-refractivity contribution is 5.84. The van der Waals surface area contributed by atoms with Crippen LogP contribution in [0.5, 0.6) is 0 Å². The minimum atomic E-state index is 1.07. The van der Waals surface area contributed by atoms with Crippen LogP contribution in [0.2, 0.25) is 0 Å². The van der Waals surface area contributed by atoms with Gasteiger partial charge in [0, 0.05) is 0 Å². The fourth-order valence-corrected chi connectivity index (χ4v) is 2.17. The molecule has 0 heteroatoms. The zero-order valence-electron chi connectivity index (χ0n) is 10.5. The molecule has 1 aliphatic rings. The summed E-state index contributed by atoms with van der Waals surface area (Å²) in [6.07, 6.45) is 3.39. The van der Waals surface area contributed by atoms with Gasteiger partial charge in [0.25, 0.3) is 0 Å². The van der Waals surface area contributed by atoms with Crippen molar-refractivity contribution in [1.82, 2.24) is 0 Å². The molecule has 1 aliphatic carbocycles. The van der Waals surface area contributed by atoms with Crippen LogP contribution in [0.25, 0.3) is 5.57 Å². The van der Waals surface area contributed by atoms with Crippen LogP contribution in [0.3, 0.4) is 0 Å². The molecule has 0 radical (unpaired) electrons. The molecule has 0 saturated carbocycles. The Morgan fingerprint density at radius 3 is 2.18 bits per heavy atom. The van der Waals surface area contributed by atoms with Gasteiger partial charge in [0.1, 0.15) is 0 Å². The molecule has 0 spiro atoms. The summed E-state index contributed by atoms with van der Waals surface area (Å²) in [6.45, 7) is 4.00. The zero-order chi connectivity index (χ0) is 12.1. The Hall–Kier alpha value is -1.82. The smallest absolute Gasteiger partial charge is 0.00819 e. The summed E-state index contributed by atoms with van der Waals surface area (Å²) in [6, 6.07) is 19.2. The van der Waals surface area contributed by atoms with E-state index in [9.17, 15) is 0 Å². The van der Waals surface area contributed by atoms with E-state index in [1.54, 1.807) is 0 Å². The molecule has 0 unspecified atom stereocenters. The molecule has 0 atom stereocenters. The number of fused-ring (bicyclic) bond motifs is 1. The third-order valence-corrected chi connectivity index (χ3v) is 2.92. The highest BCUT2D eigenvalue weighted by Gasteiger charge is 2.13. The lowest BCUT2D eigenvalue weighted by Crippen LogP contribution is -1.85. The van der Waals surface area contributed by atoms with Crippen molar-refractivity contribution in [3.05, 3.63) is 77.4 Å². The van der Waals surface area contributed by atoms with Crippen molar-refractivity contribution in [2.75, 3.05) is 0 Å². The summed E-state index contributed by atoms with van der Waals surface area (Å²) in [4.78, 5) is 0. The molecule has 0 N–H and O–H groups in total. The molecule has 2 aromatic rings. The van der Waals surface area contributed by atoms with Crippen LogP contribution < -0.4 is 0 Å². The van der Waals surface area contributed by atoms with Crippen molar-refractivity contribution in [3.8, 4) is 0 Å². The van der Waals surface area contributed by atoms with Gasteiger partial charge < -0.3 is 0 Å². The van der Waals surface area contributed by atoms with E-state index in [1.807, 2.05) is 13.8 Å². The van der Waals surface area contributed by atoms with Gasteiger partial charge in [0.15, 0.2) is 0 Å². The van der Waals surface area contributed by atoms with Crippen molar-refractivity contribution in [2.45, 2.75) is 20.3 Å². The average Bonchev–Trinajstić information content (AvgIpc) is 2.86. The van der Waals surface area contributed by atoms with E-state index < -0.39 is 0 Å². The maximum atomic E-state index is 2.32. The predicted octanol–water partition coefficient (Wildman–Crippen LogP) is 4.70. The SMILES string of the molecule is C1=C(c2ccccc2)c2ccccc2C1.CC. The first-order valence-corrected chi connectivity index (χ1v) is 6.29. The van der Waals surface area contributed by atoms with Gasteiger partial charge in [-0.05, 0) is 28.7 Å². The van der Waals surface area contributed by atoms with Crippen molar-refractivity contribution < 1.29 is 0 Å². The molecule has 0 nitrogen and oxygen atoms in total. The lowest BCUT2D eigenvalue weighted by atomic mass is 9.99. The van der Waals surface area contributed by atoms with Gasteiger partial charge in [-0.25, -0.2) is 0 Å². The number of benzene rings is 2. The molecule has 0 amide bonds. The van der Waals surface area contributed by atoms with Crippen LogP contribution >= 0.6 is 0 Å². The Morgan fingerprint density at radius 1 is 0.765 bits per heavy atom. The molecule has 0 saturated heterocycles. The van der Waals surface area contributed by atoms with E-state index in [1.165, 1.54) is 22.3 Å². The second kappa shape index (κ2) is 5.49. The maximum absolute atomic E-state index is 2.32. The summed E-state index contributed by atoms with van der Waals surface area (Å²) < 4.78 is 0. The first-order valence-electron chi connectivity index (χ1n) is 6.29. The normalized spacial score (nSPS) is 12.2. The van der Waals surface area contributed by atoms with E-state index in [2.05, 4.69) is 60.7 Å². The molecule has 0 aliphatic heterocycles. The van der Waals surface area contributed by atoms with Crippen molar-refractivity contribution >= 4 is 5.57 Å². The van der Waals surface area contributed by atoms with Crippen molar-refractivity contribution in [3.63, 3.8) is 0 Å². The van der Waals surface area contributed by atoms with E-state index in [4.69, 9.17) is 0 Å². The van der Waals surface area contributed by atoms with Gasteiger partial charge in [-0.15, -0.1) is 0 Å². The van der Waals surface area contributed by atoms with Crippen LogP contribution in [0.1, 0.15) is 30.5 Å². The van der Waals surface area contributed by atoms with Gasteiger partial charge in [0.05, 0.1) is 0 Å². The van der Waals surface area contributed by atoms with E-state index in [0.29, 0.717) is 0 Å². The van der Waals surface area contributed by atoms with E-state index in [-0.39, 0.29) is 0 Å². The van der Waals surface area contributed by atoms with E-state index in [0.717, 1.165) is 6.42 Å². The Balaban J connectivity index is 0.000000514. The topological polar surface area (TPSA) is 0 Å². The second-order valence-corrected chi connectivity index (χ2v) is 3.85. The van der Waals surface area contributed by atoms with Crippen molar-refractivity contribution in [1.29, 1.82) is 0 Å². The van der Waals surface area contributed by atoms with Gasteiger partial charge in [-0.3, -0.25) is 0 Å². The molecule has 0 fully saturated rings. The number of rotatable bonds is 1. The minimum Gasteiger partial charge on any atom is -0.0716 e. The van der Waals surface area contributed by atoms with Gasteiger partial charge >= 0.3 is 0 Å². The summed E-state index contributed by atoms with van der Waals surface area (Å²) in [5, 5.41) is 0. The van der Waals surface area contributed by atoms with Crippen LogP contribution in [-0.2, 0) is 6.42 Å². The number of allylic oxidation sites excluding steroid dienone is 1. The predicted molar refractivity (Wildman–Crippen MR) is 75.0 cm³/mol. The van der Waals surface area contributed by atoms with Gasteiger partial charge in [0.2, 0.25) is 0 Å². The van der Waals surface area contributed by atoms with Gasteiger partial charge in [-0.1, -0.05) is 74.5 Å². The summed E-state index contributed by atoms with van der Waals surface area (Å²) in [7, 11) is 0. The second-order valence-electron chi connectivity index (χ2n) is 3.85. The maximum Gasteiger partial charge on any atom is -0.00819 e. The number of hydrogen-bond acceptors (Lipinski definition) is 0. The molecule has 0 heterocycles. The fraction of sp³-hybridized carbons (Fsp3) is 0.176. The quantitative estimate of drug-likeness (QED) is 0.656. The fourth-order valence-electron chi connectivity index (χ4n) is 2.17. The lowest BCUT2D eigenvalue weighted by Gasteiger charge is -2.05. The molecule has 0 bridgehead atoms. The highest BCUT2D eigenvalue weighted by Crippen LogP contribution is 2.31. The molecular formula is C17H18. The largest absolute Gasteiger partial charge is 0.0716 e. The standard InChI is InChI=1S/C15H12.C2H6/c1-2-6-12(7-3-1)15-11-10-13-8-4-5-9-14(13)15;1-2/h1-9,11H,10H2;1-2H3. The van der Waals surface area contributed by atoms with Crippen LogP contribution in [0.15, 0.2) is 60.7 Å². The first-order chi connectivity index (χ1) is 8.45. The third-order valence-electron chi connectivity index (χ3n) is 2.92. The summed E-state index contributed by atoms with van der Waals surface area (Å²) in [5.74, 6) is 0. The molecule has 0 aromatic heterocycles. The van der Waals surface area contributed by atoms with Crippen molar-refractivity contribution in [2.24, 2.45) is 0 Å². The van der Waals surface area contributed by atoms with Crippen LogP contribution in [-0.4, -0.2) is 0 Å². The van der Waals surface area contributed by atoms with Crippen LogP contribution in [0, 0.1) is 0 Å². The van der Waals surface area contributed by atoms with Gasteiger partial charge in [-0.2, -0.15) is 0 Å². The molecule has 3 rings (SSSR count). The summed E-state index contributed by atoms with van der Waals surface area (Å²) >= 11 is 0. The first kappa shape index (κ1) is 11.7. The van der Waals surface area contributed by atoms with Crippen LogP contribution in [0.4, 0.5) is 0 Å². The average molecular weight is 222 g/mol. The Bertz CT molecular complexity index is 507.